The van der Waals surface area contributed by atoms with Crippen LogP contribution in [-0.4, -0.2) is 27.0 Å². The zero-order valence-corrected chi connectivity index (χ0v) is 20.9. The van der Waals surface area contributed by atoms with Gasteiger partial charge in [0.05, 0.1) is 16.5 Å². The first-order valence-electron chi connectivity index (χ1n) is 11.8. The summed E-state index contributed by atoms with van der Waals surface area (Å²) in [7, 11) is 1.84. The summed E-state index contributed by atoms with van der Waals surface area (Å²) < 4.78 is 6.85. The Morgan fingerprint density at radius 2 is 1.61 bits per heavy atom. The molecular formula is C29H27N3O3S. The van der Waals surface area contributed by atoms with E-state index in [1.807, 2.05) is 67.8 Å². The number of β-lactam (4-membered cyclic amide) rings is 1. The molecule has 7 heteroatoms. The van der Waals surface area contributed by atoms with Crippen LogP contribution in [0, 0.1) is 0 Å². The van der Waals surface area contributed by atoms with Crippen molar-refractivity contribution in [3.05, 3.63) is 125 Å². The number of thioether (sulfide) groups is 1. The lowest BCUT2D eigenvalue weighted by Crippen LogP contribution is -2.48. The molecule has 0 bridgehead atoms. The van der Waals surface area contributed by atoms with Gasteiger partial charge in [-0.3, -0.25) is 14.3 Å². The third kappa shape index (κ3) is 4.66. The number of amides is 1. The Morgan fingerprint density at radius 1 is 1.00 bits per heavy atom. The number of carbonyl (C=O) groups excluding carboxylic acids is 2. The highest BCUT2D eigenvalue weighted by Crippen LogP contribution is 2.51. The maximum atomic E-state index is 12.1. The summed E-state index contributed by atoms with van der Waals surface area (Å²) in [6.07, 6.45) is 1.67. The first kappa shape index (κ1) is 23.9. The van der Waals surface area contributed by atoms with E-state index in [2.05, 4.69) is 46.8 Å². The number of benzene rings is 3. The fraction of sp³-hybridized carbons (Fsp3) is 0.207. The molecule has 0 spiro atoms. The summed E-state index contributed by atoms with van der Waals surface area (Å²) >= 11 is 1.72. The number of ether oxygens (including phenoxy) is 1. The lowest BCUT2D eigenvalue weighted by Gasteiger charge is -2.41. The van der Waals surface area contributed by atoms with E-state index in [-0.39, 0.29) is 17.3 Å². The molecule has 0 saturated carbocycles. The number of esters is 1. The van der Waals surface area contributed by atoms with Crippen molar-refractivity contribution < 1.29 is 14.3 Å². The molecule has 3 aromatic carbocycles. The number of rotatable bonds is 8. The van der Waals surface area contributed by atoms with Gasteiger partial charge in [-0.25, -0.2) is 0 Å². The zero-order chi connectivity index (χ0) is 25.1. The van der Waals surface area contributed by atoms with E-state index in [0.717, 1.165) is 22.3 Å². The smallest absolute Gasteiger partial charge is 0.303 e. The van der Waals surface area contributed by atoms with E-state index in [9.17, 15) is 9.59 Å². The quantitative estimate of drug-likeness (QED) is 0.212. The predicted molar refractivity (Wildman–Crippen MR) is 140 cm³/mol. The van der Waals surface area contributed by atoms with Gasteiger partial charge in [-0.2, -0.15) is 5.10 Å². The number of hydrogen-bond acceptors (Lipinski definition) is 5. The monoisotopic (exact) mass is 497 g/mol. The van der Waals surface area contributed by atoms with Crippen molar-refractivity contribution >= 4 is 23.6 Å². The molecule has 36 heavy (non-hydrogen) atoms. The molecule has 182 valence electrons. The van der Waals surface area contributed by atoms with Crippen molar-refractivity contribution in [2.24, 2.45) is 7.05 Å². The second kappa shape index (κ2) is 10.0. The minimum absolute atomic E-state index is 0.0263. The van der Waals surface area contributed by atoms with Gasteiger partial charge in [0.2, 0.25) is 5.91 Å². The molecule has 6 nitrogen and oxygen atoms in total. The Kier molecular flexibility index (Phi) is 6.65. The average Bonchev–Trinajstić information content (AvgIpc) is 3.31. The van der Waals surface area contributed by atoms with Gasteiger partial charge < -0.3 is 10.1 Å². The summed E-state index contributed by atoms with van der Waals surface area (Å²) in [5.74, 6) is -0.318. The first-order valence-corrected chi connectivity index (χ1v) is 12.7. The van der Waals surface area contributed by atoms with Crippen LogP contribution in [0.2, 0.25) is 0 Å². The fourth-order valence-corrected chi connectivity index (χ4v) is 6.28. The van der Waals surface area contributed by atoms with Crippen molar-refractivity contribution in [1.82, 2.24) is 15.1 Å². The van der Waals surface area contributed by atoms with E-state index < -0.39 is 10.9 Å². The standard InChI is InChI=1S/C29H27N3O3S/c1-20(33)35-28(25-16-17-32(2)31-25)21-10-9-15-24(18-21)29(22-11-5-3-6-12-22,23-13-7-4-8-14-23)36-27-19-26(34)30-27/h3-18,27-28H,19H2,1-2H3,(H,30,34). The van der Waals surface area contributed by atoms with Crippen molar-refractivity contribution in [3.8, 4) is 0 Å². The van der Waals surface area contributed by atoms with Crippen LogP contribution < -0.4 is 5.32 Å². The van der Waals surface area contributed by atoms with Gasteiger partial charge >= 0.3 is 5.97 Å². The molecule has 1 fully saturated rings. The highest BCUT2D eigenvalue weighted by atomic mass is 32.2. The average molecular weight is 498 g/mol. The highest BCUT2D eigenvalue weighted by molar-refractivity contribution is 8.01. The van der Waals surface area contributed by atoms with Gasteiger partial charge in [-0.05, 0) is 34.4 Å². The second-order valence-corrected chi connectivity index (χ2v) is 10.2. The number of carbonyl (C=O) groups is 2. The van der Waals surface area contributed by atoms with Crippen LogP contribution >= 0.6 is 11.8 Å². The van der Waals surface area contributed by atoms with Crippen molar-refractivity contribution in [1.29, 1.82) is 0 Å². The third-order valence-corrected chi connectivity index (χ3v) is 7.88. The Bertz CT molecular complexity index is 1320. The van der Waals surface area contributed by atoms with Crippen molar-refractivity contribution in [2.45, 2.75) is 29.6 Å². The molecule has 0 radical (unpaired) electrons. The molecule has 2 unspecified atom stereocenters. The van der Waals surface area contributed by atoms with Crippen LogP contribution in [-0.2, 0) is 26.1 Å². The van der Waals surface area contributed by atoms with E-state index >= 15 is 0 Å². The van der Waals surface area contributed by atoms with E-state index in [1.165, 1.54) is 6.92 Å². The molecule has 1 aromatic heterocycles. The maximum absolute atomic E-state index is 12.1. The molecule has 1 N–H and O–H groups in total. The number of nitrogens with one attached hydrogen (secondary N) is 1. The maximum Gasteiger partial charge on any atom is 0.303 e. The molecule has 0 aliphatic carbocycles. The van der Waals surface area contributed by atoms with Gasteiger partial charge in [0, 0.05) is 20.2 Å². The summed E-state index contributed by atoms with van der Waals surface area (Å²) in [6, 6.07) is 30.6. The molecule has 1 aliphatic heterocycles. The number of hydrogen-bond donors (Lipinski definition) is 1. The summed E-state index contributed by atoms with van der Waals surface area (Å²) in [4.78, 5) is 23.9. The SMILES string of the molecule is CC(=O)OC(c1cccc(C(SC2CC(=O)N2)(c2ccccc2)c2ccccc2)c1)c1ccn(C)n1. The number of aromatic nitrogens is 2. The molecule has 2 heterocycles. The molecule has 4 aromatic rings. The predicted octanol–water partition coefficient (Wildman–Crippen LogP) is 4.94. The molecular weight excluding hydrogens is 470 g/mol. The molecule has 1 amide bonds. The minimum Gasteiger partial charge on any atom is -0.451 e. The second-order valence-electron chi connectivity index (χ2n) is 8.82. The van der Waals surface area contributed by atoms with Crippen LogP contribution in [0.3, 0.4) is 0 Å². The van der Waals surface area contributed by atoms with E-state index in [1.54, 1.807) is 16.4 Å². The van der Waals surface area contributed by atoms with E-state index in [4.69, 9.17) is 4.74 Å². The summed E-state index contributed by atoms with van der Waals surface area (Å²) in [6.45, 7) is 1.41. The lowest BCUT2D eigenvalue weighted by molar-refractivity contribution is -0.145. The first-order chi connectivity index (χ1) is 17.5. The molecule has 1 saturated heterocycles. The van der Waals surface area contributed by atoms with Crippen molar-refractivity contribution in [2.75, 3.05) is 0 Å². The van der Waals surface area contributed by atoms with Crippen LogP contribution in [0.25, 0.3) is 0 Å². The minimum atomic E-state index is -0.638. The zero-order valence-electron chi connectivity index (χ0n) is 20.1. The van der Waals surface area contributed by atoms with Crippen molar-refractivity contribution in [3.63, 3.8) is 0 Å². The Labute approximate surface area is 214 Å². The Morgan fingerprint density at radius 3 is 2.14 bits per heavy atom. The van der Waals surface area contributed by atoms with Crippen LogP contribution in [0.5, 0.6) is 0 Å². The van der Waals surface area contributed by atoms with Crippen LogP contribution in [0.15, 0.2) is 97.2 Å². The van der Waals surface area contributed by atoms with Gasteiger partial charge in [-0.15, -0.1) is 11.8 Å². The van der Waals surface area contributed by atoms with Crippen LogP contribution in [0.4, 0.5) is 0 Å². The van der Waals surface area contributed by atoms with E-state index in [0.29, 0.717) is 12.1 Å². The van der Waals surface area contributed by atoms with Gasteiger partial charge in [0.1, 0.15) is 5.69 Å². The summed E-state index contributed by atoms with van der Waals surface area (Å²) in [5.41, 5.74) is 4.71. The molecule has 5 rings (SSSR count). The third-order valence-electron chi connectivity index (χ3n) is 6.26. The van der Waals surface area contributed by atoms with Crippen LogP contribution in [0.1, 0.15) is 47.4 Å². The highest BCUT2D eigenvalue weighted by Gasteiger charge is 2.43. The number of aryl methyl sites for hydroxylation is 1. The summed E-state index contributed by atoms with van der Waals surface area (Å²) in [5, 5.41) is 7.53. The fourth-order valence-electron chi connectivity index (χ4n) is 4.62. The molecule has 2 atom stereocenters. The molecule has 1 aliphatic rings. The number of nitrogens with zero attached hydrogens (tertiary/aromatic N) is 2. The largest absolute Gasteiger partial charge is 0.451 e. The lowest BCUT2D eigenvalue weighted by atomic mass is 9.83. The normalized spacial score (nSPS) is 16.1. The van der Waals surface area contributed by atoms with Gasteiger partial charge in [-0.1, -0.05) is 78.9 Å². The Hall–Kier alpha value is -3.84. The van der Waals surface area contributed by atoms with Gasteiger partial charge in [0.15, 0.2) is 6.10 Å². The van der Waals surface area contributed by atoms with Gasteiger partial charge in [0.25, 0.3) is 0 Å². The Balaban J connectivity index is 1.70. The topological polar surface area (TPSA) is 73.2 Å².